The summed E-state index contributed by atoms with van der Waals surface area (Å²) in [5.41, 5.74) is 0.251. The van der Waals surface area contributed by atoms with Crippen molar-refractivity contribution < 1.29 is 18.7 Å². The van der Waals surface area contributed by atoms with E-state index in [0.29, 0.717) is 19.1 Å². The van der Waals surface area contributed by atoms with Crippen LogP contribution in [0.15, 0.2) is 24.4 Å². The molecule has 2 aliphatic rings. The highest BCUT2D eigenvalue weighted by atomic mass is 19.1. The van der Waals surface area contributed by atoms with Crippen LogP contribution in [0.5, 0.6) is 0 Å². The quantitative estimate of drug-likeness (QED) is 0.665. The van der Waals surface area contributed by atoms with Gasteiger partial charge in [0.1, 0.15) is 24.1 Å². The van der Waals surface area contributed by atoms with Crippen molar-refractivity contribution in [2.75, 3.05) is 13.1 Å². The molecule has 3 unspecified atom stereocenters. The third kappa shape index (κ3) is 5.59. The second kappa shape index (κ2) is 9.73. The molecule has 1 aliphatic carbocycles. The number of nitrogens with zero attached hydrogens (tertiary/aromatic N) is 4. The molecule has 5 atom stereocenters. The van der Waals surface area contributed by atoms with Crippen molar-refractivity contribution in [2.24, 2.45) is 0 Å². The Morgan fingerprint density at radius 3 is 2.77 bits per heavy atom. The number of amides is 1. The number of alkyl halides is 1. The molecule has 8 heteroatoms. The number of hydrogen-bond acceptors (Lipinski definition) is 6. The van der Waals surface area contributed by atoms with Gasteiger partial charge in [0, 0.05) is 36.8 Å². The second-order valence-corrected chi connectivity index (χ2v) is 9.37. The Labute approximate surface area is 183 Å². The number of hydrogen-bond donors (Lipinski definition) is 0. The monoisotopic (exact) mass is 430 g/mol. The van der Waals surface area contributed by atoms with Crippen molar-refractivity contribution in [2.45, 2.75) is 82.3 Å². The first-order valence-corrected chi connectivity index (χ1v) is 10.9. The number of pyridine rings is 1. The number of rotatable bonds is 5. The normalized spacial score (nSPS) is 29.2. The summed E-state index contributed by atoms with van der Waals surface area (Å²) in [7, 11) is 0. The minimum absolute atomic E-state index is 0.103. The summed E-state index contributed by atoms with van der Waals surface area (Å²) in [5, 5.41) is 9.63. The van der Waals surface area contributed by atoms with Gasteiger partial charge in [0.25, 0.3) is 0 Å². The third-order valence-electron chi connectivity index (χ3n) is 6.05. The second-order valence-electron chi connectivity index (χ2n) is 9.37. The highest BCUT2D eigenvalue weighted by molar-refractivity contribution is 5.72. The van der Waals surface area contributed by atoms with E-state index in [1.54, 1.807) is 27.0 Å². The Hall–Kier alpha value is -2.53. The van der Waals surface area contributed by atoms with Gasteiger partial charge in [-0.1, -0.05) is 6.07 Å². The van der Waals surface area contributed by atoms with Crippen molar-refractivity contribution in [1.82, 2.24) is 14.8 Å². The van der Waals surface area contributed by atoms with Gasteiger partial charge >= 0.3 is 6.09 Å². The van der Waals surface area contributed by atoms with Gasteiger partial charge in [-0.3, -0.25) is 14.8 Å². The molecule has 1 aliphatic heterocycles. The van der Waals surface area contributed by atoms with Crippen LogP contribution in [0.3, 0.4) is 0 Å². The van der Waals surface area contributed by atoms with Crippen molar-refractivity contribution in [3.8, 4) is 6.07 Å². The molecule has 1 aromatic heterocycles. The van der Waals surface area contributed by atoms with Crippen LogP contribution in [0.4, 0.5) is 9.18 Å². The number of ether oxygens (including phenoxy) is 1. The number of aldehydes is 1. The van der Waals surface area contributed by atoms with E-state index >= 15 is 0 Å². The maximum absolute atomic E-state index is 14.3. The van der Waals surface area contributed by atoms with Gasteiger partial charge in [0.2, 0.25) is 0 Å². The third-order valence-corrected chi connectivity index (χ3v) is 6.05. The summed E-state index contributed by atoms with van der Waals surface area (Å²) in [5.74, 6) is 0.136. The first-order valence-electron chi connectivity index (χ1n) is 10.9. The van der Waals surface area contributed by atoms with Gasteiger partial charge in [0.05, 0.1) is 18.7 Å². The molecule has 0 N–H and O–H groups in total. The Morgan fingerprint density at radius 1 is 1.39 bits per heavy atom. The van der Waals surface area contributed by atoms with Crippen molar-refractivity contribution in [1.29, 1.82) is 5.26 Å². The summed E-state index contributed by atoms with van der Waals surface area (Å²) in [4.78, 5) is 32.2. The Balaban J connectivity index is 1.91. The van der Waals surface area contributed by atoms with Crippen LogP contribution in [0.2, 0.25) is 0 Å². The van der Waals surface area contributed by atoms with Crippen molar-refractivity contribution >= 4 is 12.4 Å². The van der Waals surface area contributed by atoms with E-state index in [0.717, 1.165) is 12.1 Å². The fourth-order valence-electron chi connectivity index (χ4n) is 4.78. The molecule has 1 aromatic rings. The van der Waals surface area contributed by atoms with Crippen molar-refractivity contribution in [3.05, 3.63) is 30.1 Å². The average molecular weight is 431 g/mol. The molecule has 1 amide bonds. The number of likely N-dealkylation sites (tertiary alicyclic amines) is 1. The number of halogens is 1. The zero-order valence-electron chi connectivity index (χ0n) is 18.4. The van der Waals surface area contributed by atoms with E-state index in [2.05, 4.69) is 11.1 Å². The molecule has 0 radical (unpaired) electrons. The average Bonchev–Trinajstić information content (AvgIpc) is 3.11. The van der Waals surface area contributed by atoms with E-state index < -0.39 is 23.9 Å². The van der Waals surface area contributed by atoms with Crippen molar-refractivity contribution in [3.63, 3.8) is 0 Å². The summed E-state index contributed by atoms with van der Waals surface area (Å²) < 4.78 is 19.8. The molecule has 31 heavy (non-hydrogen) atoms. The Morgan fingerprint density at radius 2 is 2.16 bits per heavy atom. The minimum Gasteiger partial charge on any atom is -0.444 e. The topological polar surface area (TPSA) is 86.5 Å². The smallest absolute Gasteiger partial charge is 0.410 e. The SMILES string of the molecule is CC(C)(C)OC(=O)N(CC=O)C1CCC(c2ccccn2)CC1N1C[C@@H](F)C[C@H]1C#N. The lowest BCUT2D eigenvalue weighted by Gasteiger charge is -2.46. The molecular weight excluding hydrogens is 399 g/mol. The Bertz CT molecular complexity index is 807. The van der Waals surface area contributed by atoms with Gasteiger partial charge in [-0.25, -0.2) is 9.18 Å². The van der Waals surface area contributed by atoms with Crippen LogP contribution in [-0.4, -0.2) is 70.2 Å². The van der Waals surface area contributed by atoms with Crippen LogP contribution in [-0.2, 0) is 9.53 Å². The van der Waals surface area contributed by atoms with Gasteiger partial charge < -0.3 is 9.53 Å². The molecular formula is C23H31FN4O3. The fourth-order valence-corrected chi connectivity index (χ4v) is 4.78. The molecule has 3 rings (SSSR count). The van der Waals surface area contributed by atoms with Crippen LogP contribution in [0, 0.1) is 11.3 Å². The number of nitriles is 1. The molecule has 0 bridgehead atoms. The number of carbonyl (C=O) groups is 2. The van der Waals surface area contributed by atoms with E-state index in [1.807, 2.05) is 23.1 Å². The molecule has 168 valence electrons. The first-order chi connectivity index (χ1) is 14.7. The minimum atomic E-state index is -1.08. The molecule has 1 saturated carbocycles. The Kier molecular flexibility index (Phi) is 7.26. The van der Waals surface area contributed by atoms with Crippen LogP contribution in [0.1, 0.15) is 58.1 Å². The number of carbonyl (C=O) groups excluding carboxylic acids is 2. The van der Waals surface area contributed by atoms with Gasteiger partial charge in [-0.15, -0.1) is 0 Å². The van der Waals surface area contributed by atoms with Gasteiger partial charge in [0.15, 0.2) is 0 Å². The zero-order valence-corrected chi connectivity index (χ0v) is 18.4. The van der Waals surface area contributed by atoms with E-state index in [4.69, 9.17) is 4.74 Å². The maximum Gasteiger partial charge on any atom is 0.410 e. The first kappa shape index (κ1) is 23.1. The van der Waals surface area contributed by atoms with Gasteiger partial charge in [-0.05, 0) is 52.2 Å². The largest absolute Gasteiger partial charge is 0.444 e. The molecule has 0 spiro atoms. The summed E-state index contributed by atoms with van der Waals surface area (Å²) >= 11 is 0. The lowest BCUT2D eigenvalue weighted by atomic mass is 9.79. The van der Waals surface area contributed by atoms with E-state index in [-0.39, 0.29) is 37.5 Å². The molecule has 0 aromatic carbocycles. The lowest BCUT2D eigenvalue weighted by Crippen LogP contribution is -2.58. The molecule has 2 fully saturated rings. The molecule has 2 heterocycles. The van der Waals surface area contributed by atoms with Crippen LogP contribution < -0.4 is 0 Å². The maximum atomic E-state index is 14.3. The highest BCUT2D eigenvalue weighted by Crippen LogP contribution is 2.39. The van der Waals surface area contributed by atoms with Crippen LogP contribution >= 0.6 is 0 Å². The standard InChI is InChI=1S/C23H31FN4O3/c1-23(2,3)31-22(30)27(10-11-29)20-8-7-16(19-6-4-5-9-26-19)12-21(20)28-15-17(24)13-18(28)14-25/h4-6,9,11,16-18,20-21H,7-8,10,12-13,15H2,1-3H3/t16?,17-,18-,20?,21?/m0/s1. The summed E-state index contributed by atoms with van der Waals surface area (Å²) in [6.07, 6.45) is 2.98. The predicted octanol–water partition coefficient (Wildman–Crippen LogP) is 3.46. The summed E-state index contributed by atoms with van der Waals surface area (Å²) in [6.45, 7) is 5.38. The molecule has 7 nitrogen and oxygen atoms in total. The number of aromatic nitrogens is 1. The molecule has 1 saturated heterocycles. The van der Waals surface area contributed by atoms with Crippen LogP contribution in [0.25, 0.3) is 0 Å². The van der Waals surface area contributed by atoms with E-state index in [9.17, 15) is 19.2 Å². The fraction of sp³-hybridized carbons (Fsp3) is 0.652. The highest BCUT2D eigenvalue weighted by Gasteiger charge is 2.46. The zero-order chi connectivity index (χ0) is 22.6. The predicted molar refractivity (Wildman–Crippen MR) is 113 cm³/mol. The van der Waals surface area contributed by atoms with E-state index in [1.165, 1.54) is 4.90 Å². The lowest BCUT2D eigenvalue weighted by molar-refractivity contribution is -0.110. The van der Waals surface area contributed by atoms with Gasteiger partial charge in [-0.2, -0.15) is 5.26 Å². The summed E-state index contributed by atoms with van der Waals surface area (Å²) in [6, 6.07) is 6.83.